The van der Waals surface area contributed by atoms with E-state index < -0.39 is 12.0 Å². The fraction of sp³-hybridized carbons (Fsp3) is 0.529. The Kier molecular flexibility index (Phi) is 5.06. The summed E-state index contributed by atoms with van der Waals surface area (Å²) in [5, 5.41) is 11.9. The first-order valence-corrected chi connectivity index (χ1v) is 7.65. The lowest BCUT2D eigenvalue weighted by molar-refractivity contribution is -0.143. The lowest BCUT2D eigenvalue weighted by Crippen LogP contribution is -2.45. The van der Waals surface area contributed by atoms with E-state index in [1.807, 2.05) is 38.1 Å². The number of carboxylic acid groups (broad SMARTS) is 1. The Balaban J connectivity index is 1.99. The first-order chi connectivity index (χ1) is 10.5. The average molecular weight is 305 g/mol. The van der Waals surface area contributed by atoms with Crippen molar-refractivity contribution in [3.8, 4) is 5.75 Å². The molecular formula is C17H23NO4. The largest absolute Gasteiger partial charge is 0.497 e. The van der Waals surface area contributed by atoms with Gasteiger partial charge in [0.05, 0.1) is 7.11 Å². The molecule has 2 rings (SSSR count). The number of carbonyl (C=O) groups is 2. The van der Waals surface area contributed by atoms with E-state index in [2.05, 4.69) is 5.32 Å². The maximum absolute atomic E-state index is 12.3. The molecule has 1 aromatic carbocycles. The minimum Gasteiger partial charge on any atom is -0.497 e. The third kappa shape index (κ3) is 3.59. The molecule has 4 atom stereocenters. The Labute approximate surface area is 130 Å². The fourth-order valence-electron chi connectivity index (χ4n) is 2.67. The number of rotatable bonds is 7. The Morgan fingerprint density at radius 3 is 2.77 bits per heavy atom. The van der Waals surface area contributed by atoms with Crippen LogP contribution in [0, 0.1) is 11.8 Å². The Hall–Kier alpha value is -2.04. The smallest absolute Gasteiger partial charge is 0.326 e. The minimum absolute atomic E-state index is 0.0875. The van der Waals surface area contributed by atoms with Crippen LogP contribution in [0.1, 0.15) is 38.2 Å². The van der Waals surface area contributed by atoms with Crippen molar-refractivity contribution in [3.05, 3.63) is 29.8 Å². The molecule has 0 radical (unpaired) electrons. The number of hydrogen-bond acceptors (Lipinski definition) is 3. The van der Waals surface area contributed by atoms with Gasteiger partial charge in [0.1, 0.15) is 11.8 Å². The van der Waals surface area contributed by atoms with Gasteiger partial charge in [0.15, 0.2) is 0 Å². The molecule has 2 N–H and O–H groups in total. The van der Waals surface area contributed by atoms with Crippen molar-refractivity contribution in [2.24, 2.45) is 11.8 Å². The van der Waals surface area contributed by atoms with E-state index in [0.717, 1.165) is 17.7 Å². The second-order valence-electron chi connectivity index (χ2n) is 5.94. The van der Waals surface area contributed by atoms with Gasteiger partial charge in [-0.25, -0.2) is 4.79 Å². The van der Waals surface area contributed by atoms with Crippen molar-refractivity contribution in [3.63, 3.8) is 0 Å². The third-order valence-electron chi connectivity index (χ3n) is 4.43. The van der Waals surface area contributed by atoms with Gasteiger partial charge in [0, 0.05) is 5.92 Å². The molecule has 0 unspecified atom stereocenters. The van der Waals surface area contributed by atoms with Crippen LogP contribution in [-0.2, 0) is 9.59 Å². The highest BCUT2D eigenvalue weighted by molar-refractivity contribution is 5.87. The normalized spacial score (nSPS) is 22.5. The van der Waals surface area contributed by atoms with Crippen molar-refractivity contribution < 1.29 is 19.4 Å². The molecule has 0 bridgehead atoms. The number of carbonyl (C=O) groups excluding carboxylic acids is 1. The van der Waals surface area contributed by atoms with Crippen LogP contribution in [0.2, 0.25) is 0 Å². The van der Waals surface area contributed by atoms with Crippen LogP contribution in [0.25, 0.3) is 0 Å². The first-order valence-electron chi connectivity index (χ1n) is 7.65. The van der Waals surface area contributed by atoms with Gasteiger partial charge >= 0.3 is 5.97 Å². The van der Waals surface area contributed by atoms with E-state index in [9.17, 15) is 14.7 Å². The third-order valence-corrected chi connectivity index (χ3v) is 4.43. The summed E-state index contributed by atoms with van der Waals surface area (Å²) in [5.41, 5.74) is 1.06. The number of amides is 1. The summed E-state index contributed by atoms with van der Waals surface area (Å²) in [6, 6.07) is 6.86. The summed E-state index contributed by atoms with van der Waals surface area (Å²) in [6.07, 6.45) is 1.47. The van der Waals surface area contributed by atoms with Crippen molar-refractivity contribution in [2.45, 2.75) is 38.6 Å². The van der Waals surface area contributed by atoms with Crippen molar-refractivity contribution >= 4 is 11.9 Å². The molecule has 0 saturated heterocycles. The molecule has 22 heavy (non-hydrogen) atoms. The molecule has 1 aliphatic carbocycles. The standard InChI is InChI=1S/C17H23NO4/c1-4-10(2)15(17(20)21)18-16(19)14-9-13(14)11-6-5-7-12(8-11)22-3/h5-8,10,13-15H,4,9H2,1-3H3,(H,18,19)(H,20,21)/t10-,13+,14-,15-/m0/s1. The molecule has 5 heteroatoms. The zero-order valence-electron chi connectivity index (χ0n) is 13.2. The molecule has 1 amide bonds. The van der Waals surface area contributed by atoms with Crippen molar-refractivity contribution in [2.75, 3.05) is 7.11 Å². The maximum Gasteiger partial charge on any atom is 0.326 e. The van der Waals surface area contributed by atoms with Crippen molar-refractivity contribution in [1.29, 1.82) is 0 Å². The highest BCUT2D eigenvalue weighted by Gasteiger charge is 2.45. The van der Waals surface area contributed by atoms with Crippen LogP contribution >= 0.6 is 0 Å². The van der Waals surface area contributed by atoms with Crippen LogP contribution in [-0.4, -0.2) is 30.1 Å². The number of ether oxygens (including phenoxy) is 1. The van der Waals surface area contributed by atoms with E-state index in [-0.39, 0.29) is 23.7 Å². The molecule has 1 aromatic rings. The van der Waals surface area contributed by atoms with Gasteiger partial charge in [-0.3, -0.25) is 4.79 Å². The van der Waals surface area contributed by atoms with E-state index in [4.69, 9.17) is 4.74 Å². The SMILES string of the molecule is CC[C@H](C)[C@H](NC(=O)[C@H]1C[C@@H]1c1cccc(OC)c1)C(=O)O. The quantitative estimate of drug-likeness (QED) is 0.811. The average Bonchev–Trinajstić information content (AvgIpc) is 3.32. The van der Waals surface area contributed by atoms with E-state index in [1.54, 1.807) is 7.11 Å². The number of benzene rings is 1. The number of aliphatic carboxylic acids is 1. The van der Waals surface area contributed by atoms with Crippen LogP contribution in [0.15, 0.2) is 24.3 Å². The number of carboxylic acids is 1. The lowest BCUT2D eigenvalue weighted by Gasteiger charge is -2.20. The van der Waals surface area contributed by atoms with Gasteiger partial charge in [-0.2, -0.15) is 0 Å². The summed E-state index contributed by atoms with van der Waals surface area (Å²) in [5.74, 6) is -0.441. The van der Waals surface area contributed by atoms with E-state index in [1.165, 1.54) is 0 Å². The molecular weight excluding hydrogens is 282 g/mol. The molecule has 1 fully saturated rings. The van der Waals surface area contributed by atoms with Crippen molar-refractivity contribution in [1.82, 2.24) is 5.32 Å². The molecule has 1 aliphatic rings. The van der Waals surface area contributed by atoms with Crippen LogP contribution in [0.3, 0.4) is 0 Å². The summed E-state index contributed by atoms with van der Waals surface area (Å²) in [4.78, 5) is 23.6. The van der Waals surface area contributed by atoms with Crippen LogP contribution in [0.5, 0.6) is 5.75 Å². The molecule has 0 heterocycles. The van der Waals surface area contributed by atoms with Gasteiger partial charge in [-0.05, 0) is 36.0 Å². The highest BCUT2D eigenvalue weighted by Crippen LogP contribution is 2.48. The number of methoxy groups -OCH3 is 1. The second-order valence-corrected chi connectivity index (χ2v) is 5.94. The highest BCUT2D eigenvalue weighted by atomic mass is 16.5. The molecule has 0 aliphatic heterocycles. The lowest BCUT2D eigenvalue weighted by atomic mass is 9.99. The zero-order valence-corrected chi connectivity index (χ0v) is 13.2. The maximum atomic E-state index is 12.3. The summed E-state index contributed by atoms with van der Waals surface area (Å²) < 4.78 is 5.19. The Morgan fingerprint density at radius 1 is 1.45 bits per heavy atom. The van der Waals surface area contributed by atoms with E-state index in [0.29, 0.717) is 6.42 Å². The van der Waals surface area contributed by atoms with Crippen LogP contribution < -0.4 is 10.1 Å². The molecule has 5 nitrogen and oxygen atoms in total. The summed E-state index contributed by atoms with van der Waals surface area (Å²) in [7, 11) is 1.61. The Morgan fingerprint density at radius 2 is 2.18 bits per heavy atom. The molecule has 0 aromatic heterocycles. The van der Waals surface area contributed by atoms with Gasteiger partial charge in [-0.15, -0.1) is 0 Å². The van der Waals surface area contributed by atoms with Gasteiger partial charge in [0.25, 0.3) is 0 Å². The summed E-state index contributed by atoms with van der Waals surface area (Å²) >= 11 is 0. The zero-order chi connectivity index (χ0) is 16.3. The van der Waals surface area contributed by atoms with Gasteiger partial charge < -0.3 is 15.2 Å². The predicted molar refractivity (Wildman–Crippen MR) is 82.9 cm³/mol. The molecule has 120 valence electrons. The number of nitrogens with one attached hydrogen (secondary N) is 1. The fourth-order valence-corrected chi connectivity index (χ4v) is 2.67. The van der Waals surface area contributed by atoms with Gasteiger partial charge in [0.2, 0.25) is 5.91 Å². The second kappa shape index (κ2) is 6.81. The predicted octanol–water partition coefficient (Wildman–Crippen LogP) is 2.41. The van der Waals surface area contributed by atoms with Gasteiger partial charge in [-0.1, -0.05) is 32.4 Å². The topological polar surface area (TPSA) is 75.6 Å². The van der Waals surface area contributed by atoms with E-state index >= 15 is 0 Å². The Bertz CT molecular complexity index is 557. The molecule has 1 saturated carbocycles. The molecule has 0 spiro atoms. The summed E-state index contributed by atoms with van der Waals surface area (Å²) in [6.45, 7) is 3.76. The monoisotopic (exact) mass is 305 g/mol. The first kappa shape index (κ1) is 16.3. The van der Waals surface area contributed by atoms with Crippen LogP contribution in [0.4, 0.5) is 0 Å². The minimum atomic E-state index is -0.971. The number of hydrogen-bond donors (Lipinski definition) is 2.